The number of fused-ring (bicyclic) bond motifs is 1. The topological polar surface area (TPSA) is 84.4 Å². The van der Waals surface area contributed by atoms with Gasteiger partial charge in [-0.2, -0.15) is 0 Å². The Hall–Kier alpha value is -2.26. The third kappa shape index (κ3) is 4.10. The number of ether oxygens (including phenoxy) is 1. The molecule has 0 aliphatic carbocycles. The predicted molar refractivity (Wildman–Crippen MR) is 111 cm³/mol. The molecule has 0 bridgehead atoms. The molecular weight excluding hydrogens is 463 g/mol. The molecule has 0 saturated heterocycles. The molecule has 2 heterocycles. The predicted octanol–water partition coefficient (Wildman–Crippen LogP) is 2.42. The number of nitrogens with zero attached hydrogens (tertiary/aromatic N) is 3. The molecule has 1 aliphatic heterocycles. The molecule has 1 unspecified atom stereocenters. The van der Waals surface area contributed by atoms with Crippen molar-refractivity contribution >= 4 is 58.3 Å². The molecule has 7 nitrogen and oxygen atoms in total. The number of amides is 1. The Balaban J connectivity index is 1.34. The van der Waals surface area contributed by atoms with Crippen LogP contribution in [-0.4, -0.2) is 43.0 Å². The van der Waals surface area contributed by atoms with Crippen molar-refractivity contribution in [2.75, 3.05) is 22.1 Å². The quantitative estimate of drug-likeness (QED) is 0.430. The van der Waals surface area contributed by atoms with Crippen LogP contribution in [0.5, 0.6) is 5.75 Å². The molecule has 2 aromatic carbocycles. The van der Waals surface area contributed by atoms with E-state index in [-0.39, 0.29) is 11.7 Å². The van der Waals surface area contributed by atoms with Crippen molar-refractivity contribution in [3.05, 3.63) is 54.1 Å². The van der Waals surface area contributed by atoms with Gasteiger partial charge in [-0.05, 0) is 0 Å². The van der Waals surface area contributed by atoms with Crippen LogP contribution in [0.2, 0.25) is 0 Å². The summed E-state index contributed by atoms with van der Waals surface area (Å²) < 4.78 is 21.2. The van der Waals surface area contributed by atoms with Crippen molar-refractivity contribution < 1.29 is 13.4 Å². The van der Waals surface area contributed by atoms with E-state index in [0.29, 0.717) is 21.7 Å². The molecule has 1 atom stereocenters. The molecule has 0 fully saturated rings. The zero-order chi connectivity index (χ0) is 19.5. The van der Waals surface area contributed by atoms with Gasteiger partial charge in [-0.15, -0.1) is 0 Å². The first kappa shape index (κ1) is 19.1. The van der Waals surface area contributed by atoms with Gasteiger partial charge in [0.15, 0.2) is 0 Å². The third-order valence-corrected chi connectivity index (χ3v) is 9.42. The van der Waals surface area contributed by atoms with Crippen LogP contribution < -0.4 is 18.4 Å². The van der Waals surface area contributed by atoms with Gasteiger partial charge >= 0.3 is 163 Å². The van der Waals surface area contributed by atoms with Crippen LogP contribution in [0, 0.1) is 0 Å². The number of hydrogen-bond donors (Lipinski definition) is 1. The monoisotopic (exact) mass is 480 g/mol. The maximum absolute atomic E-state index is 12.7. The van der Waals surface area contributed by atoms with Gasteiger partial charge in [-0.1, -0.05) is 0 Å². The van der Waals surface area contributed by atoms with Gasteiger partial charge in [0.2, 0.25) is 0 Å². The molecule has 0 spiro atoms. The molecular formula is C18H16N4O3S2Se. The van der Waals surface area contributed by atoms with Crippen LogP contribution in [0.15, 0.2) is 52.9 Å². The summed E-state index contributed by atoms with van der Waals surface area (Å²) in [4.78, 5) is 12.1. The molecule has 4 rings (SSSR count). The van der Waals surface area contributed by atoms with Crippen LogP contribution in [0.3, 0.4) is 0 Å². The van der Waals surface area contributed by atoms with E-state index in [9.17, 15) is 8.63 Å². The van der Waals surface area contributed by atoms with Gasteiger partial charge in [-0.3, -0.25) is 0 Å². The molecule has 1 aromatic heterocycles. The van der Waals surface area contributed by atoms with Crippen LogP contribution in [-0.2, 0) is 15.2 Å². The van der Waals surface area contributed by atoms with E-state index < -0.39 is 14.1 Å². The van der Waals surface area contributed by atoms with Crippen LogP contribution >= 0.6 is 23.1 Å². The van der Waals surface area contributed by atoms with E-state index in [1.807, 2.05) is 28.2 Å². The number of hydrogen-bond acceptors (Lipinski definition) is 7. The first-order valence-corrected chi connectivity index (χ1v) is 12.4. The molecule has 28 heavy (non-hydrogen) atoms. The summed E-state index contributed by atoms with van der Waals surface area (Å²) in [6, 6.07) is 14.9. The summed E-state index contributed by atoms with van der Waals surface area (Å²) >= 11 is 0.346. The fourth-order valence-electron chi connectivity index (χ4n) is 2.64. The second-order valence-corrected chi connectivity index (χ2v) is 10.9. The Morgan fingerprint density at radius 2 is 2.04 bits per heavy atom. The van der Waals surface area contributed by atoms with Crippen molar-refractivity contribution in [1.82, 2.24) is 10.2 Å². The second kappa shape index (κ2) is 8.40. The van der Waals surface area contributed by atoms with Gasteiger partial charge in [0.05, 0.1) is 7.11 Å². The number of thioether (sulfide) groups is 1. The molecule has 0 saturated carbocycles. The Labute approximate surface area is 174 Å². The Morgan fingerprint density at radius 3 is 2.79 bits per heavy atom. The molecule has 0 radical (unpaired) electrons. The standard InChI is InChI=1S/C18H16N4O3S2Se/c1-25-14-8-6-13(7-9-14)19-16(23)11-26-18-21-20-17(27-18)22-10-12-4-2-3-5-15(12)28(22)24/h2-9H,10-11H2,1H3,(H,19,23). The molecule has 10 heteroatoms. The normalized spacial score (nSPS) is 15.3. The van der Waals surface area contributed by atoms with E-state index >= 15 is 0 Å². The summed E-state index contributed by atoms with van der Waals surface area (Å²) in [6.45, 7) is 0.585. The summed E-state index contributed by atoms with van der Waals surface area (Å²) in [7, 11) is 1.60. The molecule has 144 valence electrons. The number of anilines is 2. The van der Waals surface area contributed by atoms with Gasteiger partial charge < -0.3 is 4.74 Å². The minimum absolute atomic E-state index is 0.129. The van der Waals surface area contributed by atoms with E-state index in [1.165, 1.54) is 23.1 Å². The number of rotatable bonds is 6. The summed E-state index contributed by atoms with van der Waals surface area (Å²) in [5.74, 6) is 0.825. The average molecular weight is 479 g/mol. The zero-order valence-corrected chi connectivity index (χ0v) is 18.2. The second-order valence-electron chi connectivity index (χ2n) is 5.81. The number of nitrogens with one attached hydrogen (secondary N) is 1. The van der Waals surface area contributed by atoms with Gasteiger partial charge in [0, 0.05) is 0 Å². The van der Waals surface area contributed by atoms with Crippen molar-refractivity contribution in [3.63, 3.8) is 0 Å². The zero-order valence-electron chi connectivity index (χ0n) is 14.8. The van der Waals surface area contributed by atoms with Gasteiger partial charge in [-0.25, -0.2) is 0 Å². The number of carbonyl (C=O) groups is 1. The maximum atomic E-state index is 12.7. The summed E-state index contributed by atoms with van der Waals surface area (Å²) in [6.07, 6.45) is 0. The first-order valence-electron chi connectivity index (χ1n) is 8.31. The first-order chi connectivity index (χ1) is 13.6. The fourth-order valence-corrected chi connectivity index (χ4v) is 7.34. The molecule has 1 amide bonds. The van der Waals surface area contributed by atoms with Gasteiger partial charge in [0.1, 0.15) is 0 Å². The average Bonchev–Trinajstić information content (AvgIpc) is 3.32. The number of benzene rings is 2. The van der Waals surface area contributed by atoms with Crippen molar-refractivity contribution in [2.24, 2.45) is 0 Å². The van der Waals surface area contributed by atoms with E-state index in [1.54, 1.807) is 31.4 Å². The third-order valence-electron chi connectivity index (χ3n) is 3.98. The number of methoxy groups -OCH3 is 1. The van der Waals surface area contributed by atoms with Crippen LogP contribution in [0.4, 0.5) is 10.8 Å². The van der Waals surface area contributed by atoms with E-state index in [4.69, 9.17) is 4.74 Å². The van der Waals surface area contributed by atoms with Crippen molar-refractivity contribution in [1.29, 1.82) is 0 Å². The summed E-state index contributed by atoms with van der Waals surface area (Å²) in [5, 5.41) is 11.8. The Bertz CT molecular complexity index is 1030. The van der Waals surface area contributed by atoms with Gasteiger partial charge in [0.25, 0.3) is 0 Å². The summed E-state index contributed by atoms with van der Waals surface area (Å²) in [5.41, 5.74) is 1.78. The van der Waals surface area contributed by atoms with Crippen molar-refractivity contribution in [2.45, 2.75) is 10.9 Å². The molecule has 1 N–H and O–H groups in total. The Morgan fingerprint density at radius 1 is 1.25 bits per heavy atom. The molecule has 3 aromatic rings. The fraction of sp³-hybridized carbons (Fsp3) is 0.167. The number of carbonyl (C=O) groups excluding carboxylic acids is 1. The van der Waals surface area contributed by atoms with E-state index in [2.05, 4.69) is 15.5 Å². The Kier molecular flexibility index (Phi) is 5.72. The SMILES string of the molecule is COc1ccc(NC(=O)CSc2nnc(N3Cc4ccccc4[Se]3=O)s2)cc1. The molecule has 1 aliphatic rings. The van der Waals surface area contributed by atoms with E-state index in [0.717, 1.165) is 15.8 Å². The van der Waals surface area contributed by atoms with Crippen LogP contribution in [0.1, 0.15) is 5.56 Å². The van der Waals surface area contributed by atoms with Crippen LogP contribution in [0.25, 0.3) is 0 Å². The van der Waals surface area contributed by atoms with Crippen molar-refractivity contribution in [3.8, 4) is 5.75 Å². The number of aromatic nitrogens is 2. The minimum atomic E-state index is -2.33.